The van der Waals surface area contributed by atoms with Gasteiger partial charge < -0.3 is 15.1 Å². The molecule has 1 aliphatic carbocycles. The molecule has 0 spiro atoms. The summed E-state index contributed by atoms with van der Waals surface area (Å²) in [5.41, 5.74) is 0.586. The molecule has 1 aliphatic heterocycles. The Hall–Kier alpha value is -0.870. The summed E-state index contributed by atoms with van der Waals surface area (Å²) in [5.74, 6) is -0.353. The molecule has 0 aromatic rings. The molecule has 0 aromatic carbocycles. The number of aliphatic carboxylic acids is 1. The predicted octanol–water partition coefficient (Wildman–Crippen LogP) is 0.862. The number of hydrogen-bond acceptors (Lipinski definition) is 2. The van der Waals surface area contributed by atoms with E-state index in [9.17, 15) is 9.90 Å². The zero-order valence-corrected chi connectivity index (χ0v) is 12.7. The fourth-order valence-electron chi connectivity index (χ4n) is 3.93. The van der Waals surface area contributed by atoms with E-state index in [0.29, 0.717) is 5.92 Å². The van der Waals surface area contributed by atoms with Crippen LogP contribution in [0.3, 0.4) is 0 Å². The van der Waals surface area contributed by atoms with E-state index in [0.717, 1.165) is 45.2 Å². The van der Waals surface area contributed by atoms with E-state index in [1.54, 1.807) is 0 Å². The molecule has 0 radical (unpaired) electrons. The highest BCUT2D eigenvalue weighted by atomic mass is 16.4. The van der Waals surface area contributed by atoms with Gasteiger partial charge in [-0.3, -0.25) is 4.79 Å². The van der Waals surface area contributed by atoms with Gasteiger partial charge in [-0.05, 0) is 32.6 Å². The second-order valence-electron chi connectivity index (χ2n) is 7.00. The Kier molecular flexibility index (Phi) is 4.55. The van der Waals surface area contributed by atoms with E-state index in [-0.39, 0.29) is 12.0 Å². The van der Waals surface area contributed by atoms with Crippen molar-refractivity contribution in [2.24, 2.45) is 11.8 Å². The van der Waals surface area contributed by atoms with Gasteiger partial charge in [0, 0.05) is 19.3 Å². The van der Waals surface area contributed by atoms with Crippen LogP contribution < -0.4 is 4.90 Å². The molecule has 1 heterocycles. The molecule has 114 valence electrons. The molecule has 4 nitrogen and oxygen atoms in total. The Morgan fingerprint density at radius 2 is 1.85 bits per heavy atom. The minimum atomic E-state index is -0.667. The molecule has 1 saturated heterocycles. The first-order valence-electron chi connectivity index (χ1n) is 7.76. The Balaban J connectivity index is 2.02. The molecule has 0 aromatic heterocycles. The molecule has 20 heavy (non-hydrogen) atoms. The Bertz CT molecular complexity index is 383. The smallest absolute Gasteiger partial charge is 0.306 e. The average molecular weight is 282 g/mol. The lowest BCUT2D eigenvalue weighted by Crippen LogP contribution is -3.19. The van der Waals surface area contributed by atoms with Crippen LogP contribution in [-0.2, 0) is 4.79 Å². The summed E-state index contributed by atoms with van der Waals surface area (Å²) in [7, 11) is 0. The lowest BCUT2D eigenvalue weighted by Gasteiger charge is -2.45. The second kappa shape index (κ2) is 5.86. The number of piperidine rings is 1. The summed E-state index contributed by atoms with van der Waals surface area (Å²) in [6, 6.07) is 0.215. The average Bonchev–Trinajstić information content (AvgIpc) is 2.38. The summed E-state index contributed by atoms with van der Waals surface area (Å²) in [6.07, 6.45) is 4.28. The van der Waals surface area contributed by atoms with Crippen molar-refractivity contribution in [3.05, 3.63) is 12.2 Å². The third-order valence-electron chi connectivity index (χ3n) is 5.44. The highest BCUT2D eigenvalue weighted by Gasteiger charge is 2.46. The van der Waals surface area contributed by atoms with Crippen LogP contribution in [0.5, 0.6) is 0 Å². The third-order valence-corrected chi connectivity index (χ3v) is 5.44. The summed E-state index contributed by atoms with van der Waals surface area (Å²) in [6.45, 7) is 9.82. The van der Waals surface area contributed by atoms with Crippen molar-refractivity contribution in [2.45, 2.75) is 57.6 Å². The highest BCUT2D eigenvalue weighted by molar-refractivity contribution is 5.69. The molecule has 3 atom stereocenters. The maximum Gasteiger partial charge on any atom is 0.306 e. The van der Waals surface area contributed by atoms with Crippen molar-refractivity contribution in [3.8, 4) is 0 Å². The van der Waals surface area contributed by atoms with Crippen LogP contribution in [0.15, 0.2) is 12.2 Å². The maximum atomic E-state index is 11.0. The van der Waals surface area contributed by atoms with Gasteiger partial charge in [0.15, 0.2) is 0 Å². The van der Waals surface area contributed by atoms with Crippen molar-refractivity contribution in [1.29, 1.82) is 0 Å². The van der Waals surface area contributed by atoms with Crippen molar-refractivity contribution in [3.63, 3.8) is 0 Å². The van der Waals surface area contributed by atoms with Gasteiger partial charge in [0.2, 0.25) is 0 Å². The number of carbonyl (C=O) groups is 1. The highest BCUT2D eigenvalue weighted by Crippen LogP contribution is 2.34. The SMILES string of the molecule is C=C(C)[C@@H]1CCC(C)(O)C([NH+]2CCC(C(=O)O)CC2)C1. The Morgan fingerprint density at radius 1 is 1.25 bits per heavy atom. The summed E-state index contributed by atoms with van der Waals surface area (Å²) in [5, 5.41) is 19.8. The largest absolute Gasteiger partial charge is 0.481 e. The maximum absolute atomic E-state index is 11.0. The van der Waals surface area contributed by atoms with E-state index in [4.69, 9.17) is 5.11 Å². The number of quaternary nitrogens is 1. The first-order valence-corrected chi connectivity index (χ1v) is 7.76. The van der Waals surface area contributed by atoms with Gasteiger partial charge in [0.1, 0.15) is 11.6 Å². The molecular weight excluding hydrogens is 254 g/mol. The minimum absolute atomic E-state index is 0.191. The number of nitrogens with one attached hydrogen (secondary N) is 1. The lowest BCUT2D eigenvalue weighted by atomic mass is 9.72. The van der Waals surface area contributed by atoms with Gasteiger partial charge in [-0.15, -0.1) is 0 Å². The van der Waals surface area contributed by atoms with E-state index in [2.05, 4.69) is 13.5 Å². The zero-order valence-electron chi connectivity index (χ0n) is 12.7. The molecule has 0 bridgehead atoms. The van der Waals surface area contributed by atoms with Gasteiger partial charge in [-0.2, -0.15) is 0 Å². The van der Waals surface area contributed by atoms with Crippen LogP contribution in [0, 0.1) is 11.8 Å². The first-order chi connectivity index (χ1) is 9.31. The number of allylic oxidation sites excluding steroid dienone is 1. The quantitative estimate of drug-likeness (QED) is 0.673. The number of carboxylic acid groups (broad SMARTS) is 1. The molecular formula is C16H28NO3+. The van der Waals surface area contributed by atoms with Gasteiger partial charge in [-0.25, -0.2) is 0 Å². The van der Waals surface area contributed by atoms with E-state index < -0.39 is 11.6 Å². The molecule has 3 N–H and O–H groups in total. The second-order valence-corrected chi connectivity index (χ2v) is 7.00. The van der Waals surface area contributed by atoms with Crippen LogP contribution in [0.4, 0.5) is 0 Å². The van der Waals surface area contributed by atoms with Crippen molar-refractivity contribution in [2.75, 3.05) is 13.1 Å². The fraction of sp³-hybridized carbons (Fsp3) is 0.812. The van der Waals surface area contributed by atoms with Crippen molar-refractivity contribution < 1.29 is 19.9 Å². The third kappa shape index (κ3) is 3.23. The number of carboxylic acids is 1. The van der Waals surface area contributed by atoms with Crippen molar-refractivity contribution in [1.82, 2.24) is 0 Å². The van der Waals surface area contributed by atoms with Gasteiger partial charge in [0.25, 0.3) is 0 Å². The normalized spacial score (nSPS) is 42.1. The van der Waals surface area contributed by atoms with Gasteiger partial charge >= 0.3 is 5.97 Å². The van der Waals surface area contributed by atoms with E-state index in [1.165, 1.54) is 10.5 Å². The van der Waals surface area contributed by atoms with Crippen LogP contribution >= 0.6 is 0 Å². The van der Waals surface area contributed by atoms with E-state index >= 15 is 0 Å². The van der Waals surface area contributed by atoms with Gasteiger partial charge in [0.05, 0.1) is 19.0 Å². The lowest BCUT2D eigenvalue weighted by molar-refractivity contribution is -0.939. The number of hydrogen-bond donors (Lipinski definition) is 3. The Morgan fingerprint density at radius 3 is 2.35 bits per heavy atom. The van der Waals surface area contributed by atoms with Crippen LogP contribution in [0.2, 0.25) is 0 Å². The number of likely N-dealkylation sites (tertiary alicyclic amines) is 1. The standard InChI is InChI=1S/C16H27NO3/c1-11(2)13-4-7-16(3,20)14(10-13)17-8-5-12(6-9-17)15(18)19/h12-14,20H,1,4-10H2,2-3H3,(H,18,19)/p+1/t13-,14?,16?/m1/s1. The Labute approximate surface area is 121 Å². The summed E-state index contributed by atoms with van der Waals surface area (Å²) in [4.78, 5) is 12.4. The zero-order chi connectivity index (χ0) is 14.9. The molecule has 0 amide bonds. The van der Waals surface area contributed by atoms with Crippen LogP contribution in [0.25, 0.3) is 0 Å². The predicted molar refractivity (Wildman–Crippen MR) is 77.6 cm³/mol. The van der Waals surface area contributed by atoms with Crippen molar-refractivity contribution >= 4 is 5.97 Å². The number of aliphatic hydroxyl groups is 1. The molecule has 2 unspecified atom stereocenters. The van der Waals surface area contributed by atoms with Crippen LogP contribution in [-0.4, -0.2) is 40.9 Å². The number of rotatable bonds is 3. The molecule has 2 aliphatic rings. The minimum Gasteiger partial charge on any atom is -0.481 e. The summed E-state index contributed by atoms with van der Waals surface area (Å²) >= 11 is 0. The first kappa shape index (κ1) is 15.5. The molecule has 2 rings (SSSR count). The van der Waals surface area contributed by atoms with E-state index in [1.807, 2.05) is 6.92 Å². The molecule has 2 fully saturated rings. The fourth-order valence-corrected chi connectivity index (χ4v) is 3.93. The molecule has 4 heteroatoms. The monoisotopic (exact) mass is 282 g/mol. The molecule has 1 saturated carbocycles. The topological polar surface area (TPSA) is 62.0 Å². The van der Waals surface area contributed by atoms with Crippen LogP contribution in [0.1, 0.15) is 46.0 Å². The van der Waals surface area contributed by atoms with Gasteiger partial charge in [-0.1, -0.05) is 12.2 Å². The summed E-state index contributed by atoms with van der Waals surface area (Å²) < 4.78 is 0.